The maximum Gasteiger partial charge on any atom is 0.181 e. The molecule has 35 heavy (non-hydrogen) atoms. The molecule has 5 nitrogen and oxygen atoms in total. The molecule has 0 aliphatic rings. The number of aromatic nitrogens is 1. The van der Waals surface area contributed by atoms with Crippen LogP contribution in [0.3, 0.4) is 0 Å². The van der Waals surface area contributed by atoms with Gasteiger partial charge in [-0.1, -0.05) is 25.5 Å². The van der Waals surface area contributed by atoms with Gasteiger partial charge in [0, 0.05) is 34.7 Å². The smallest absolute Gasteiger partial charge is 0.181 e. The van der Waals surface area contributed by atoms with Crippen LogP contribution < -0.4 is 9.47 Å². The Balaban J connectivity index is 1.58. The van der Waals surface area contributed by atoms with E-state index < -0.39 is 0 Å². The van der Waals surface area contributed by atoms with Crippen LogP contribution in [-0.2, 0) is 6.42 Å². The number of carbonyl (C=O) groups is 2. The van der Waals surface area contributed by atoms with Crippen LogP contribution in [-0.4, -0.2) is 30.8 Å². The molecule has 0 spiro atoms. The Labute approximate surface area is 207 Å². The van der Waals surface area contributed by atoms with Gasteiger partial charge in [-0.25, -0.2) is 9.37 Å². The quantitative estimate of drug-likeness (QED) is 0.225. The molecule has 0 bridgehead atoms. The Morgan fingerprint density at radius 2 is 1.74 bits per heavy atom. The van der Waals surface area contributed by atoms with Gasteiger partial charge in [0.25, 0.3) is 0 Å². The molecular weight excluding hydrogens is 465 g/mol. The van der Waals surface area contributed by atoms with Gasteiger partial charge < -0.3 is 9.47 Å². The molecule has 0 unspecified atom stereocenters. The van der Waals surface area contributed by atoms with Gasteiger partial charge in [0.15, 0.2) is 23.1 Å². The summed E-state index contributed by atoms with van der Waals surface area (Å²) in [6.07, 6.45) is 1.79. The minimum Gasteiger partial charge on any atom is -0.493 e. The second-order valence-corrected chi connectivity index (χ2v) is 9.06. The summed E-state index contributed by atoms with van der Waals surface area (Å²) in [5, 5.41) is 2.65. The summed E-state index contributed by atoms with van der Waals surface area (Å²) >= 11 is 1.32. The van der Waals surface area contributed by atoms with Crippen molar-refractivity contribution in [3.63, 3.8) is 0 Å². The van der Waals surface area contributed by atoms with Gasteiger partial charge >= 0.3 is 0 Å². The maximum atomic E-state index is 14.2. The third-order valence-electron chi connectivity index (χ3n) is 5.82. The standard InChI is InChI=1S/C28H26FNO4S/c1-4-6-17-13-22(20-16-35-28-19(20)7-5-8-21(28)29)30-23(14-17)25(32)11-10-24(31)18-9-12-26(33-2)27(15-18)34-3/h5,7-9,12-16H,4,6,10-11H2,1-3H3. The van der Waals surface area contributed by atoms with Crippen molar-refractivity contribution in [1.29, 1.82) is 0 Å². The lowest BCUT2D eigenvalue weighted by atomic mass is 10.0. The number of pyridine rings is 1. The first-order valence-electron chi connectivity index (χ1n) is 11.4. The van der Waals surface area contributed by atoms with E-state index in [-0.39, 0.29) is 30.2 Å². The Kier molecular flexibility index (Phi) is 7.56. The molecule has 0 aliphatic heterocycles. The van der Waals surface area contributed by atoms with Gasteiger partial charge in [-0.05, 0) is 48.4 Å². The van der Waals surface area contributed by atoms with Gasteiger partial charge in [0.2, 0.25) is 0 Å². The van der Waals surface area contributed by atoms with E-state index in [0.717, 1.165) is 29.4 Å². The number of Topliss-reactive ketones (excluding diaryl/α,β-unsaturated/α-hetero) is 2. The molecule has 0 N–H and O–H groups in total. The third-order valence-corrected chi connectivity index (χ3v) is 6.83. The lowest BCUT2D eigenvalue weighted by molar-refractivity contribution is 0.0915. The van der Waals surface area contributed by atoms with Crippen molar-refractivity contribution in [3.05, 3.63) is 76.5 Å². The van der Waals surface area contributed by atoms with Gasteiger partial charge in [0.1, 0.15) is 11.5 Å². The highest BCUT2D eigenvalue weighted by atomic mass is 32.1. The number of carbonyl (C=O) groups excluding carboxylic acids is 2. The van der Waals surface area contributed by atoms with E-state index in [1.54, 1.807) is 30.3 Å². The Morgan fingerprint density at radius 3 is 2.49 bits per heavy atom. The molecule has 4 aromatic rings. The van der Waals surface area contributed by atoms with Crippen molar-refractivity contribution in [2.24, 2.45) is 0 Å². The van der Waals surface area contributed by atoms with Crippen LogP contribution in [0.25, 0.3) is 21.3 Å². The molecule has 0 fully saturated rings. The molecule has 4 rings (SSSR count). The molecule has 0 amide bonds. The molecule has 0 aliphatic carbocycles. The number of ketones is 2. The molecular formula is C28H26FNO4S. The van der Waals surface area contributed by atoms with Crippen LogP contribution in [0.5, 0.6) is 11.5 Å². The van der Waals surface area contributed by atoms with Crippen molar-refractivity contribution in [2.45, 2.75) is 32.6 Å². The van der Waals surface area contributed by atoms with Gasteiger partial charge in [-0.3, -0.25) is 9.59 Å². The number of nitrogens with zero attached hydrogens (tertiary/aromatic N) is 1. The van der Waals surface area contributed by atoms with Gasteiger partial charge in [-0.2, -0.15) is 0 Å². The van der Waals surface area contributed by atoms with Crippen molar-refractivity contribution < 1.29 is 23.5 Å². The fourth-order valence-corrected chi connectivity index (χ4v) is 5.00. The molecule has 0 saturated heterocycles. The van der Waals surface area contributed by atoms with Crippen LogP contribution in [0, 0.1) is 5.82 Å². The van der Waals surface area contributed by atoms with Gasteiger partial charge in [-0.15, -0.1) is 11.3 Å². The Bertz CT molecular complexity index is 1400. The molecule has 180 valence electrons. The monoisotopic (exact) mass is 491 g/mol. The number of ether oxygens (including phenoxy) is 2. The second-order valence-electron chi connectivity index (χ2n) is 8.18. The summed E-state index contributed by atoms with van der Waals surface area (Å²) in [4.78, 5) is 30.5. The SMILES string of the molecule is CCCc1cc(C(=O)CCC(=O)c2ccc(OC)c(OC)c2)nc(-c2csc3c(F)cccc23)c1. The highest BCUT2D eigenvalue weighted by Crippen LogP contribution is 2.35. The lowest BCUT2D eigenvalue weighted by Gasteiger charge is -2.10. The molecule has 2 aromatic heterocycles. The molecule has 0 radical (unpaired) electrons. The zero-order chi connectivity index (χ0) is 24.9. The summed E-state index contributed by atoms with van der Waals surface area (Å²) in [6, 6.07) is 13.7. The number of halogens is 1. The van der Waals surface area contributed by atoms with Crippen LogP contribution in [0.1, 0.15) is 52.6 Å². The average molecular weight is 492 g/mol. The summed E-state index contributed by atoms with van der Waals surface area (Å²) in [5.41, 5.74) is 3.21. The number of hydrogen-bond donors (Lipinski definition) is 0. The topological polar surface area (TPSA) is 65.5 Å². The largest absolute Gasteiger partial charge is 0.493 e. The number of thiophene rings is 1. The van der Waals surface area contributed by atoms with Crippen molar-refractivity contribution in [3.8, 4) is 22.8 Å². The van der Waals surface area contributed by atoms with E-state index in [1.165, 1.54) is 31.6 Å². The number of fused-ring (bicyclic) bond motifs is 1. The van der Waals surface area contributed by atoms with E-state index >= 15 is 0 Å². The maximum absolute atomic E-state index is 14.2. The number of methoxy groups -OCH3 is 2. The highest BCUT2D eigenvalue weighted by molar-refractivity contribution is 7.17. The Hall–Kier alpha value is -3.58. The first-order chi connectivity index (χ1) is 16.9. The summed E-state index contributed by atoms with van der Waals surface area (Å²) < 4.78 is 25.3. The summed E-state index contributed by atoms with van der Waals surface area (Å²) in [6.45, 7) is 2.07. The second kappa shape index (κ2) is 10.8. The van der Waals surface area contributed by atoms with Crippen LogP contribution in [0.2, 0.25) is 0 Å². The number of rotatable bonds is 10. The van der Waals surface area contributed by atoms with E-state index in [9.17, 15) is 14.0 Å². The predicted molar refractivity (Wildman–Crippen MR) is 136 cm³/mol. The van der Waals surface area contributed by atoms with E-state index in [4.69, 9.17) is 9.47 Å². The number of benzene rings is 2. The van der Waals surface area contributed by atoms with Crippen molar-refractivity contribution >= 4 is 33.0 Å². The van der Waals surface area contributed by atoms with Crippen molar-refractivity contribution in [2.75, 3.05) is 14.2 Å². The zero-order valence-electron chi connectivity index (χ0n) is 19.9. The van der Waals surface area contributed by atoms with Gasteiger partial charge in [0.05, 0.1) is 24.6 Å². The molecule has 7 heteroatoms. The molecule has 2 heterocycles. The fraction of sp³-hybridized carbons (Fsp3) is 0.250. The summed E-state index contributed by atoms with van der Waals surface area (Å²) in [7, 11) is 3.04. The van der Waals surface area contributed by atoms with Crippen LogP contribution >= 0.6 is 11.3 Å². The van der Waals surface area contributed by atoms with E-state index in [0.29, 0.717) is 33.2 Å². The van der Waals surface area contributed by atoms with Crippen LogP contribution in [0.4, 0.5) is 4.39 Å². The average Bonchev–Trinajstić information content (AvgIpc) is 3.32. The number of hydrogen-bond acceptors (Lipinski definition) is 6. The first-order valence-corrected chi connectivity index (χ1v) is 12.3. The fourth-order valence-electron chi connectivity index (χ4n) is 4.03. The minimum atomic E-state index is -0.270. The summed E-state index contributed by atoms with van der Waals surface area (Å²) in [5.74, 6) is 0.355. The lowest BCUT2D eigenvalue weighted by Crippen LogP contribution is -2.08. The molecule has 2 aromatic carbocycles. The number of aryl methyl sites for hydroxylation is 1. The van der Waals surface area contributed by atoms with E-state index in [1.807, 2.05) is 17.5 Å². The predicted octanol–water partition coefficient (Wildman–Crippen LogP) is 6.92. The highest BCUT2D eigenvalue weighted by Gasteiger charge is 2.18. The first kappa shape index (κ1) is 24.5. The zero-order valence-corrected chi connectivity index (χ0v) is 20.7. The van der Waals surface area contributed by atoms with E-state index in [2.05, 4.69) is 11.9 Å². The third kappa shape index (κ3) is 5.25. The Morgan fingerprint density at radius 1 is 0.971 bits per heavy atom. The molecule has 0 saturated carbocycles. The van der Waals surface area contributed by atoms with Crippen molar-refractivity contribution in [1.82, 2.24) is 4.98 Å². The van der Waals surface area contributed by atoms with Crippen LogP contribution in [0.15, 0.2) is 53.9 Å². The normalized spacial score (nSPS) is 11.0. The molecule has 0 atom stereocenters. The minimum absolute atomic E-state index is 0.0359.